The summed E-state index contributed by atoms with van der Waals surface area (Å²) >= 11 is 0. The standard InChI is InChI=1S/C12H16N2O3S.ClH/c1-9(15)10-3-2-4-12(7-10)18(16,17)14-6-5-11(13)8-14;/h2-4,7,11H,5-6,8,13H2,1H3;1H/t11-;/m0./s1. The zero-order chi connectivity index (χ0) is 13.3. The van der Waals surface area contributed by atoms with Gasteiger partial charge in [-0.1, -0.05) is 12.1 Å². The van der Waals surface area contributed by atoms with Gasteiger partial charge in [-0.05, 0) is 25.5 Å². The predicted molar refractivity (Wildman–Crippen MR) is 75.0 cm³/mol. The van der Waals surface area contributed by atoms with Crippen molar-refractivity contribution in [3.63, 3.8) is 0 Å². The number of rotatable bonds is 3. The van der Waals surface area contributed by atoms with Gasteiger partial charge in [-0.3, -0.25) is 4.79 Å². The molecule has 106 valence electrons. The van der Waals surface area contributed by atoms with E-state index in [4.69, 9.17) is 5.73 Å². The number of hydrogen-bond donors (Lipinski definition) is 1. The number of nitrogens with zero attached hydrogens (tertiary/aromatic N) is 1. The maximum Gasteiger partial charge on any atom is 0.243 e. The highest BCUT2D eigenvalue weighted by atomic mass is 35.5. The lowest BCUT2D eigenvalue weighted by Gasteiger charge is -2.16. The van der Waals surface area contributed by atoms with E-state index in [1.54, 1.807) is 12.1 Å². The van der Waals surface area contributed by atoms with Crippen LogP contribution >= 0.6 is 12.4 Å². The lowest BCUT2D eigenvalue weighted by molar-refractivity contribution is 0.101. The highest BCUT2D eigenvalue weighted by molar-refractivity contribution is 7.89. The van der Waals surface area contributed by atoms with Crippen LogP contribution in [-0.4, -0.2) is 37.6 Å². The van der Waals surface area contributed by atoms with Gasteiger partial charge >= 0.3 is 0 Å². The molecule has 0 unspecified atom stereocenters. The molecule has 0 aromatic heterocycles. The lowest BCUT2D eigenvalue weighted by Crippen LogP contribution is -2.32. The molecule has 1 aromatic carbocycles. The summed E-state index contributed by atoms with van der Waals surface area (Å²) in [6.45, 7) is 2.19. The van der Waals surface area contributed by atoms with Gasteiger partial charge in [-0.2, -0.15) is 4.31 Å². The molecule has 0 spiro atoms. The third kappa shape index (κ3) is 3.33. The van der Waals surface area contributed by atoms with Crippen LogP contribution in [0.25, 0.3) is 0 Å². The van der Waals surface area contributed by atoms with Gasteiger partial charge in [0.05, 0.1) is 4.90 Å². The Bertz CT molecular complexity index is 574. The zero-order valence-corrected chi connectivity index (χ0v) is 12.2. The fraction of sp³-hybridized carbons (Fsp3) is 0.417. The minimum atomic E-state index is -3.53. The second kappa shape index (κ2) is 6.00. The van der Waals surface area contributed by atoms with E-state index in [2.05, 4.69) is 0 Å². The minimum Gasteiger partial charge on any atom is -0.326 e. The number of Topliss-reactive ketones (excluding diaryl/α,β-unsaturated/α-hetero) is 1. The van der Waals surface area contributed by atoms with E-state index in [-0.39, 0.29) is 29.1 Å². The Labute approximate surface area is 119 Å². The van der Waals surface area contributed by atoms with Crippen molar-refractivity contribution in [2.75, 3.05) is 13.1 Å². The quantitative estimate of drug-likeness (QED) is 0.846. The summed E-state index contributed by atoms with van der Waals surface area (Å²) in [5.74, 6) is -0.148. The Morgan fingerprint density at radius 2 is 2.11 bits per heavy atom. The summed E-state index contributed by atoms with van der Waals surface area (Å²) in [6.07, 6.45) is 0.672. The number of carbonyl (C=O) groups excluding carboxylic acids is 1. The van der Waals surface area contributed by atoms with Crippen LogP contribution in [0.15, 0.2) is 29.2 Å². The highest BCUT2D eigenvalue weighted by Gasteiger charge is 2.31. The molecule has 0 amide bonds. The third-order valence-electron chi connectivity index (χ3n) is 3.07. The lowest BCUT2D eigenvalue weighted by atomic mass is 10.2. The van der Waals surface area contributed by atoms with Crippen molar-refractivity contribution in [2.45, 2.75) is 24.3 Å². The molecule has 0 radical (unpaired) electrons. The fourth-order valence-electron chi connectivity index (χ4n) is 2.00. The average molecular weight is 305 g/mol. The van der Waals surface area contributed by atoms with Crippen molar-refractivity contribution >= 4 is 28.2 Å². The molecule has 2 rings (SSSR count). The Kier molecular flexibility index (Phi) is 5.09. The van der Waals surface area contributed by atoms with Crippen molar-refractivity contribution in [1.82, 2.24) is 4.31 Å². The minimum absolute atomic E-state index is 0. The molecule has 0 saturated carbocycles. The van der Waals surface area contributed by atoms with Gasteiger partial charge in [0.25, 0.3) is 0 Å². The van der Waals surface area contributed by atoms with E-state index in [1.165, 1.54) is 23.4 Å². The van der Waals surface area contributed by atoms with Crippen molar-refractivity contribution in [2.24, 2.45) is 5.73 Å². The molecule has 0 bridgehead atoms. The molecule has 1 saturated heterocycles. The number of benzene rings is 1. The Morgan fingerprint density at radius 3 is 2.63 bits per heavy atom. The number of nitrogens with two attached hydrogens (primary N) is 1. The predicted octanol–water partition coefficient (Wildman–Crippen LogP) is 1.03. The van der Waals surface area contributed by atoms with Crippen LogP contribution in [0.5, 0.6) is 0 Å². The summed E-state index contributed by atoms with van der Waals surface area (Å²) in [6, 6.07) is 6.01. The summed E-state index contributed by atoms with van der Waals surface area (Å²) in [7, 11) is -3.53. The maximum atomic E-state index is 12.3. The molecular formula is C12H17ClN2O3S. The fourth-order valence-corrected chi connectivity index (χ4v) is 3.55. The first-order chi connectivity index (χ1) is 8.41. The average Bonchev–Trinajstić information content (AvgIpc) is 2.77. The monoisotopic (exact) mass is 304 g/mol. The van der Waals surface area contributed by atoms with Crippen LogP contribution in [0.4, 0.5) is 0 Å². The van der Waals surface area contributed by atoms with Gasteiger partial charge in [0, 0.05) is 24.7 Å². The SMILES string of the molecule is CC(=O)c1cccc(S(=O)(=O)N2CC[C@H](N)C2)c1.Cl. The first-order valence-electron chi connectivity index (χ1n) is 5.78. The van der Waals surface area contributed by atoms with Gasteiger partial charge in [-0.15, -0.1) is 12.4 Å². The van der Waals surface area contributed by atoms with Crippen LogP contribution in [0.3, 0.4) is 0 Å². The summed E-state index contributed by atoms with van der Waals surface area (Å²) in [4.78, 5) is 11.4. The van der Waals surface area contributed by atoms with E-state index in [0.29, 0.717) is 25.1 Å². The van der Waals surface area contributed by atoms with E-state index in [1.807, 2.05) is 0 Å². The van der Waals surface area contributed by atoms with Crippen molar-refractivity contribution in [1.29, 1.82) is 0 Å². The number of hydrogen-bond acceptors (Lipinski definition) is 4. The van der Waals surface area contributed by atoms with Crippen LogP contribution < -0.4 is 5.73 Å². The van der Waals surface area contributed by atoms with Crippen molar-refractivity contribution in [3.05, 3.63) is 29.8 Å². The second-order valence-corrected chi connectivity index (χ2v) is 6.43. The molecule has 1 aliphatic heterocycles. The number of halogens is 1. The molecule has 1 aliphatic rings. The van der Waals surface area contributed by atoms with Crippen molar-refractivity contribution in [3.8, 4) is 0 Å². The largest absolute Gasteiger partial charge is 0.326 e. The van der Waals surface area contributed by atoms with Gasteiger partial charge in [-0.25, -0.2) is 8.42 Å². The van der Waals surface area contributed by atoms with E-state index >= 15 is 0 Å². The second-order valence-electron chi connectivity index (χ2n) is 4.50. The molecule has 0 aliphatic carbocycles. The van der Waals surface area contributed by atoms with E-state index in [0.717, 1.165) is 0 Å². The Morgan fingerprint density at radius 1 is 1.42 bits per heavy atom. The van der Waals surface area contributed by atoms with Gasteiger partial charge in [0.2, 0.25) is 10.0 Å². The number of ketones is 1. The summed E-state index contributed by atoms with van der Waals surface area (Å²) < 4.78 is 26.0. The molecule has 1 atom stereocenters. The van der Waals surface area contributed by atoms with Crippen LogP contribution in [0.1, 0.15) is 23.7 Å². The molecule has 7 heteroatoms. The van der Waals surface area contributed by atoms with Gasteiger partial charge < -0.3 is 5.73 Å². The topological polar surface area (TPSA) is 80.5 Å². The molecule has 1 heterocycles. The molecule has 5 nitrogen and oxygen atoms in total. The van der Waals surface area contributed by atoms with E-state index in [9.17, 15) is 13.2 Å². The smallest absolute Gasteiger partial charge is 0.243 e. The Balaban J connectivity index is 0.00000180. The molecule has 1 fully saturated rings. The third-order valence-corrected chi connectivity index (χ3v) is 4.93. The number of sulfonamides is 1. The molecule has 2 N–H and O–H groups in total. The van der Waals surface area contributed by atoms with Gasteiger partial charge in [0.15, 0.2) is 5.78 Å². The summed E-state index contributed by atoms with van der Waals surface area (Å²) in [5, 5.41) is 0. The van der Waals surface area contributed by atoms with Crippen LogP contribution in [-0.2, 0) is 10.0 Å². The number of carbonyl (C=O) groups is 1. The van der Waals surface area contributed by atoms with Gasteiger partial charge in [0.1, 0.15) is 0 Å². The molecular weight excluding hydrogens is 288 g/mol. The Hall–Kier alpha value is -0.950. The summed E-state index contributed by atoms with van der Waals surface area (Å²) in [5.41, 5.74) is 6.12. The molecule has 19 heavy (non-hydrogen) atoms. The zero-order valence-electron chi connectivity index (χ0n) is 10.6. The molecule has 1 aromatic rings. The normalized spacial score (nSPS) is 20.0. The van der Waals surface area contributed by atoms with Crippen LogP contribution in [0.2, 0.25) is 0 Å². The highest BCUT2D eigenvalue weighted by Crippen LogP contribution is 2.21. The maximum absolute atomic E-state index is 12.3. The van der Waals surface area contributed by atoms with E-state index < -0.39 is 10.0 Å². The first-order valence-corrected chi connectivity index (χ1v) is 7.22. The van der Waals surface area contributed by atoms with Crippen LogP contribution in [0, 0.1) is 0 Å². The first kappa shape index (κ1) is 16.1. The van der Waals surface area contributed by atoms with Crippen molar-refractivity contribution < 1.29 is 13.2 Å².